The van der Waals surface area contributed by atoms with Crippen molar-refractivity contribution < 1.29 is 0 Å². The number of rotatable bonds is 3. The minimum Gasteiger partial charge on any atom is -0.373 e. The van der Waals surface area contributed by atoms with E-state index in [1.165, 1.54) is 12.0 Å². The van der Waals surface area contributed by atoms with Gasteiger partial charge in [0.1, 0.15) is 5.82 Å². The molecule has 0 fully saturated rings. The highest BCUT2D eigenvalue weighted by atomic mass is 32.1. The maximum Gasteiger partial charge on any atom is 0.126 e. The van der Waals surface area contributed by atoms with Crippen LogP contribution < -0.4 is 5.32 Å². The predicted octanol–water partition coefficient (Wildman–Crippen LogP) is 3.30. The maximum atomic E-state index is 4.61. The molecule has 4 heteroatoms. The number of hydrogen-bond donors (Lipinski definition) is 1. The number of hydrogen-bond acceptors (Lipinski definition) is 4. The summed E-state index contributed by atoms with van der Waals surface area (Å²) in [5.41, 5.74) is 2.64. The average Bonchev–Trinajstić information content (AvgIpc) is 2.91. The molecule has 100 valence electrons. The first kappa shape index (κ1) is 12.6. The molecule has 3 nitrogen and oxygen atoms in total. The number of pyridine rings is 1. The molecule has 1 atom stereocenters. The minimum atomic E-state index is 0.495. The molecular formula is C15H19N3S. The summed E-state index contributed by atoms with van der Waals surface area (Å²) in [5.74, 6) is 0.943. The SMILES string of the molecule is CNc1cccc(CN2CCc3sccc3C2C)n1. The van der Waals surface area contributed by atoms with Crippen molar-refractivity contribution in [1.82, 2.24) is 9.88 Å². The quantitative estimate of drug-likeness (QED) is 0.930. The van der Waals surface area contributed by atoms with Gasteiger partial charge in [0.05, 0.1) is 5.69 Å². The van der Waals surface area contributed by atoms with E-state index in [9.17, 15) is 0 Å². The van der Waals surface area contributed by atoms with Crippen LogP contribution in [0.15, 0.2) is 29.6 Å². The minimum absolute atomic E-state index is 0.495. The highest BCUT2D eigenvalue weighted by Gasteiger charge is 2.24. The Morgan fingerprint density at radius 1 is 1.42 bits per heavy atom. The Hall–Kier alpha value is -1.39. The molecule has 19 heavy (non-hydrogen) atoms. The van der Waals surface area contributed by atoms with Crippen molar-refractivity contribution in [2.45, 2.75) is 25.9 Å². The molecule has 0 saturated heterocycles. The van der Waals surface area contributed by atoms with Crippen molar-refractivity contribution in [2.75, 3.05) is 18.9 Å². The number of nitrogens with zero attached hydrogens (tertiary/aromatic N) is 2. The fraction of sp³-hybridized carbons (Fsp3) is 0.400. The van der Waals surface area contributed by atoms with E-state index in [1.807, 2.05) is 24.5 Å². The molecule has 2 aromatic heterocycles. The van der Waals surface area contributed by atoms with E-state index in [2.05, 4.69) is 45.7 Å². The topological polar surface area (TPSA) is 28.2 Å². The average molecular weight is 273 g/mol. The molecule has 1 aliphatic rings. The van der Waals surface area contributed by atoms with Crippen LogP contribution in [0.2, 0.25) is 0 Å². The van der Waals surface area contributed by atoms with Crippen molar-refractivity contribution >= 4 is 17.2 Å². The molecule has 0 bridgehead atoms. The van der Waals surface area contributed by atoms with Crippen molar-refractivity contribution in [2.24, 2.45) is 0 Å². The predicted molar refractivity (Wildman–Crippen MR) is 80.6 cm³/mol. The third-order valence-corrected chi connectivity index (χ3v) is 4.83. The van der Waals surface area contributed by atoms with Gasteiger partial charge in [-0.3, -0.25) is 4.90 Å². The monoisotopic (exact) mass is 273 g/mol. The first-order valence-electron chi connectivity index (χ1n) is 6.72. The van der Waals surface area contributed by atoms with Gasteiger partial charge in [-0.05, 0) is 42.5 Å². The van der Waals surface area contributed by atoms with E-state index in [1.54, 1.807) is 4.88 Å². The van der Waals surface area contributed by atoms with Gasteiger partial charge in [0.2, 0.25) is 0 Å². The summed E-state index contributed by atoms with van der Waals surface area (Å²) in [4.78, 5) is 8.68. The normalized spacial score (nSPS) is 19.2. The highest BCUT2D eigenvalue weighted by Crippen LogP contribution is 2.33. The summed E-state index contributed by atoms with van der Waals surface area (Å²) in [7, 11) is 1.91. The zero-order chi connectivity index (χ0) is 13.2. The van der Waals surface area contributed by atoms with Crippen LogP contribution >= 0.6 is 11.3 Å². The van der Waals surface area contributed by atoms with E-state index in [-0.39, 0.29) is 0 Å². The van der Waals surface area contributed by atoms with Gasteiger partial charge in [-0.15, -0.1) is 11.3 Å². The van der Waals surface area contributed by atoms with Crippen LogP contribution in [-0.2, 0) is 13.0 Å². The Kier molecular flexibility index (Phi) is 3.53. The third kappa shape index (κ3) is 2.51. The molecule has 0 amide bonds. The molecule has 1 aliphatic heterocycles. The van der Waals surface area contributed by atoms with E-state index >= 15 is 0 Å². The first-order valence-corrected chi connectivity index (χ1v) is 7.60. The van der Waals surface area contributed by atoms with E-state index < -0.39 is 0 Å². The van der Waals surface area contributed by atoms with Crippen molar-refractivity contribution in [3.8, 4) is 0 Å². The summed E-state index contributed by atoms with van der Waals surface area (Å²) in [5, 5.41) is 5.31. The van der Waals surface area contributed by atoms with Crippen molar-refractivity contribution in [3.63, 3.8) is 0 Å². The van der Waals surface area contributed by atoms with Crippen LogP contribution in [0.1, 0.15) is 29.1 Å². The second-order valence-electron chi connectivity index (χ2n) is 4.96. The molecule has 0 aromatic carbocycles. The fourth-order valence-corrected chi connectivity index (χ4v) is 3.66. The Balaban J connectivity index is 1.77. The number of fused-ring (bicyclic) bond motifs is 1. The van der Waals surface area contributed by atoms with Gasteiger partial charge in [-0.25, -0.2) is 4.98 Å². The molecule has 1 N–H and O–H groups in total. The third-order valence-electron chi connectivity index (χ3n) is 3.83. The Morgan fingerprint density at radius 3 is 3.16 bits per heavy atom. The zero-order valence-electron chi connectivity index (χ0n) is 11.4. The van der Waals surface area contributed by atoms with Crippen LogP contribution in [0.5, 0.6) is 0 Å². The zero-order valence-corrected chi connectivity index (χ0v) is 12.2. The lowest BCUT2D eigenvalue weighted by Crippen LogP contribution is -2.32. The fourth-order valence-electron chi connectivity index (χ4n) is 2.69. The molecule has 2 aromatic rings. The van der Waals surface area contributed by atoms with Gasteiger partial charge in [-0.2, -0.15) is 0 Å². The second kappa shape index (κ2) is 5.31. The Bertz CT molecular complexity index is 564. The Morgan fingerprint density at radius 2 is 2.32 bits per heavy atom. The number of nitrogens with one attached hydrogen (secondary N) is 1. The first-order chi connectivity index (χ1) is 9.28. The Labute approximate surface area is 118 Å². The maximum absolute atomic E-state index is 4.61. The molecule has 1 unspecified atom stereocenters. The van der Waals surface area contributed by atoms with Crippen LogP contribution in [0.3, 0.4) is 0 Å². The summed E-state index contributed by atoms with van der Waals surface area (Å²) in [6.07, 6.45) is 1.17. The van der Waals surface area contributed by atoms with Gasteiger partial charge >= 0.3 is 0 Å². The van der Waals surface area contributed by atoms with E-state index in [4.69, 9.17) is 0 Å². The second-order valence-corrected chi connectivity index (χ2v) is 5.96. The molecular weight excluding hydrogens is 254 g/mol. The van der Waals surface area contributed by atoms with Gasteiger partial charge in [0.15, 0.2) is 0 Å². The lowest BCUT2D eigenvalue weighted by molar-refractivity contribution is 0.189. The van der Waals surface area contributed by atoms with Crippen LogP contribution in [0, 0.1) is 0 Å². The lowest BCUT2D eigenvalue weighted by Gasteiger charge is -2.33. The molecule has 3 rings (SSSR count). The van der Waals surface area contributed by atoms with E-state index in [0.717, 1.165) is 24.6 Å². The van der Waals surface area contributed by atoms with Gasteiger partial charge in [0, 0.05) is 31.1 Å². The van der Waals surface area contributed by atoms with E-state index in [0.29, 0.717) is 6.04 Å². The summed E-state index contributed by atoms with van der Waals surface area (Å²) in [6, 6.07) is 8.94. The smallest absolute Gasteiger partial charge is 0.126 e. The van der Waals surface area contributed by atoms with Crippen molar-refractivity contribution in [3.05, 3.63) is 45.8 Å². The lowest BCUT2D eigenvalue weighted by atomic mass is 10.0. The van der Waals surface area contributed by atoms with Crippen LogP contribution in [-0.4, -0.2) is 23.5 Å². The largest absolute Gasteiger partial charge is 0.373 e. The molecule has 0 radical (unpaired) electrons. The number of aromatic nitrogens is 1. The van der Waals surface area contributed by atoms with Crippen LogP contribution in [0.25, 0.3) is 0 Å². The van der Waals surface area contributed by atoms with Crippen LogP contribution in [0.4, 0.5) is 5.82 Å². The summed E-state index contributed by atoms with van der Waals surface area (Å²) >= 11 is 1.89. The van der Waals surface area contributed by atoms with Gasteiger partial charge in [0.25, 0.3) is 0 Å². The summed E-state index contributed by atoms with van der Waals surface area (Å²) < 4.78 is 0. The molecule has 0 spiro atoms. The molecule has 0 saturated carbocycles. The highest BCUT2D eigenvalue weighted by molar-refractivity contribution is 7.10. The van der Waals surface area contributed by atoms with Crippen molar-refractivity contribution in [1.29, 1.82) is 0 Å². The van der Waals surface area contributed by atoms with Gasteiger partial charge < -0.3 is 5.32 Å². The van der Waals surface area contributed by atoms with Gasteiger partial charge in [-0.1, -0.05) is 6.07 Å². The molecule has 0 aliphatic carbocycles. The number of anilines is 1. The molecule has 3 heterocycles. The summed E-state index contributed by atoms with van der Waals surface area (Å²) in [6.45, 7) is 4.35. The number of thiophene rings is 1. The standard InChI is InChI=1S/C15H19N3S/c1-11-13-7-9-19-14(13)6-8-18(11)10-12-4-3-5-15(16-2)17-12/h3-5,7,9,11H,6,8,10H2,1-2H3,(H,16,17).